The molecule has 0 aliphatic carbocycles. The van der Waals surface area contributed by atoms with Crippen LogP contribution in [0.5, 0.6) is 0 Å². The van der Waals surface area contributed by atoms with Crippen molar-refractivity contribution >= 4 is 44.0 Å². The van der Waals surface area contributed by atoms with Gasteiger partial charge in [-0.05, 0) is 36.4 Å². The second kappa shape index (κ2) is 7.45. The monoisotopic (exact) mass is 398 g/mol. The summed E-state index contributed by atoms with van der Waals surface area (Å²) in [5, 5.41) is 4.86. The van der Waals surface area contributed by atoms with Crippen LogP contribution >= 0.6 is 34.0 Å². The lowest BCUT2D eigenvalue weighted by molar-refractivity contribution is 0.555. The molecule has 3 heterocycles. The van der Waals surface area contributed by atoms with Gasteiger partial charge in [-0.1, -0.05) is 19.9 Å². The summed E-state index contributed by atoms with van der Waals surface area (Å²) < 4.78 is 28.5. The molecule has 0 radical (unpaired) electrons. The predicted molar refractivity (Wildman–Crippen MR) is 102 cm³/mol. The smallest absolute Gasteiger partial charge is 0.240 e. The molecule has 0 unspecified atom stereocenters. The van der Waals surface area contributed by atoms with Crippen molar-refractivity contribution in [2.75, 3.05) is 0 Å². The Morgan fingerprint density at radius 2 is 2.04 bits per heavy atom. The number of nitrogens with zero attached hydrogens (tertiary/aromatic N) is 1. The Balaban J connectivity index is 1.82. The molecule has 3 aromatic rings. The Kier molecular flexibility index (Phi) is 5.51. The molecule has 0 saturated heterocycles. The van der Waals surface area contributed by atoms with Crippen molar-refractivity contribution in [1.82, 2.24) is 9.71 Å². The molecule has 0 aliphatic heterocycles. The Bertz CT molecular complexity index is 894. The van der Waals surface area contributed by atoms with E-state index in [1.165, 1.54) is 11.3 Å². The minimum absolute atomic E-state index is 0.188. The van der Waals surface area contributed by atoms with Crippen LogP contribution in [0, 0.1) is 0 Å². The van der Waals surface area contributed by atoms with E-state index in [-0.39, 0.29) is 6.04 Å². The van der Waals surface area contributed by atoms with Crippen molar-refractivity contribution < 1.29 is 8.42 Å². The fourth-order valence-electron chi connectivity index (χ4n) is 2.24. The number of nitrogens with one attached hydrogen (secondary N) is 1. The number of hydrogen-bond donors (Lipinski definition) is 1. The fourth-order valence-corrected chi connectivity index (χ4v) is 6.77. The number of sulfonamides is 1. The third-order valence-corrected chi connectivity index (χ3v) is 8.66. The molecule has 128 valence electrons. The van der Waals surface area contributed by atoms with Crippen LogP contribution in [0.25, 0.3) is 9.88 Å². The lowest BCUT2D eigenvalue weighted by Gasteiger charge is -2.14. The average Bonchev–Trinajstić information content (AvgIpc) is 3.33. The lowest BCUT2D eigenvalue weighted by atomic mass is 10.2. The van der Waals surface area contributed by atoms with Crippen LogP contribution in [-0.4, -0.2) is 13.4 Å². The van der Waals surface area contributed by atoms with Crippen molar-refractivity contribution in [3.8, 4) is 9.88 Å². The average molecular weight is 399 g/mol. The molecule has 0 fully saturated rings. The van der Waals surface area contributed by atoms with Gasteiger partial charge in [-0.3, -0.25) is 0 Å². The minimum atomic E-state index is -3.53. The van der Waals surface area contributed by atoms with Gasteiger partial charge in [0.25, 0.3) is 10.0 Å². The zero-order valence-corrected chi connectivity index (χ0v) is 16.6. The molecule has 0 aliphatic rings. The number of aromatic nitrogens is 1. The summed E-state index contributed by atoms with van der Waals surface area (Å²) >= 11 is 4.39. The quantitative estimate of drug-likeness (QED) is 0.614. The molecule has 3 aromatic heterocycles. The molecule has 1 atom stereocenters. The molecule has 0 spiro atoms. The number of aryl methyl sites for hydroxylation is 1. The summed E-state index contributed by atoms with van der Waals surface area (Å²) in [6.45, 7) is 4.04. The maximum Gasteiger partial charge on any atom is 0.250 e. The lowest BCUT2D eigenvalue weighted by Crippen LogP contribution is -2.27. The zero-order chi connectivity index (χ0) is 17.2. The molecule has 0 bridgehead atoms. The third kappa shape index (κ3) is 3.78. The second-order valence-electron chi connectivity index (χ2n) is 5.21. The van der Waals surface area contributed by atoms with Gasteiger partial charge in [-0.15, -0.1) is 34.0 Å². The number of thiophene rings is 2. The highest BCUT2D eigenvalue weighted by atomic mass is 32.2. The molecule has 0 aromatic carbocycles. The summed E-state index contributed by atoms with van der Waals surface area (Å²) in [5.41, 5.74) is 1.04. The van der Waals surface area contributed by atoms with Gasteiger partial charge in [-0.2, -0.15) is 0 Å². The Labute approximate surface area is 154 Å². The molecular weight excluding hydrogens is 380 g/mol. The normalized spacial score (nSPS) is 13.2. The van der Waals surface area contributed by atoms with E-state index >= 15 is 0 Å². The number of thiazole rings is 1. The van der Waals surface area contributed by atoms with Crippen molar-refractivity contribution in [3.63, 3.8) is 0 Å². The summed E-state index contributed by atoms with van der Waals surface area (Å²) in [6, 6.07) is 7.21. The first-order chi connectivity index (χ1) is 11.5. The van der Waals surface area contributed by atoms with E-state index in [4.69, 9.17) is 0 Å². The largest absolute Gasteiger partial charge is 0.250 e. The number of hydrogen-bond acceptors (Lipinski definition) is 6. The summed E-state index contributed by atoms with van der Waals surface area (Å²) in [5.74, 6) is 0. The molecule has 0 amide bonds. The fraction of sp³-hybridized carbons (Fsp3) is 0.312. The van der Waals surface area contributed by atoms with E-state index in [2.05, 4.69) is 16.6 Å². The van der Waals surface area contributed by atoms with Gasteiger partial charge in [0.1, 0.15) is 9.22 Å². The van der Waals surface area contributed by atoms with Crippen LogP contribution in [0.1, 0.15) is 36.9 Å². The van der Waals surface area contributed by atoms with Gasteiger partial charge < -0.3 is 0 Å². The molecule has 24 heavy (non-hydrogen) atoms. The van der Waals surface area contributed by atoms with Gasteiger partial charge in [0.05, 0.1) is 16.6 Å². The number of rotatable bonds is 7. The first-order valence-electron chi connectivity index (χ1n) is 7.63. The van der Waals surface area contributed by atoms with Gasteiger partial charge >= 0.3 is 0 Å². The molecule has 0 saturated carbocycles. The highest BCUT2D eigenvalue weighted by Crippen LogP contribution is 2.34. The second-order valence-corrected chi connectivity index (χ2v) is 10.1. The van der Waals surface area contributed by atoms with Crippen LogP contribution in [-0.2, 0) is 16.4 Å². The van der Waals surface area contributed by atoms with Crippen molar-refractivity contribution in [3.05, 3.63) is 45.6 Å². The molecule has 3 rings (SSSR count). The highest BCUT2D eigenvalue weighted by Gasteiger charge is 2.23. The summed E-state index contributed by atoms with van der Waals surface area (Å²) in [7, 11) is -3.53. The summed E-state index contributed by atoms with van der Waals surface area (Å²) in [4.78, 5) is 6.45. The zero-order valence-electron chi connectivity index (χ0n) is 13.4. The predicted octanol–water partition coefficient (Wildman–Crippen LogP) is 4.93. The van der Waals surface area contributed by atoms with Crippen LogP contribution in [0.4, 0.5) is 0 Å². The standard InChI is InChI=1S/C16H18N2O2S4/c1-3-11-10-22-16(17-11)14-7-8-15(23-14)24(19,20)18-12(4-2)13-6-5-9-21-13/h5-10,12,18H,3-4H2,1-2H3/t12-/m0/s1. The van der Waals surface area contributed by atoms with Gasteiger partial charge in [0.2, 0.25) is 0 Å². The van der Waals surface area contributed by atoms with Gasteiger partial charge in [-0.25, -0.2) is 18.1 Å². The van der Waals surface area contributed by atoms with Crippen LogP contribution in [0.15, 0.2) is 39.2 Å². The van der Waals surface area contributed by atoms with E-state index in [1.807, 2.05) is 35.9 Å². The molecule has 4 nitrogen and oxygen atoms in total. The van der Waals surface area contributed by atoms with Crippen LogP contribution in [0.2, 0.25) is 0 Å². The van der Waals surface area contributed by atoms with Gasteiger partial charge in [0.15, 0.2) is 0 Å². The van der Waals surface area contributed by atoms with E-state index in [9.17, 15) is 8.42 Å². The van der Waals surface area contributed by atoms with Crippen molar-refractivity contribution in [2.45, 2.75) is 36.9 Å². The maximum atomic E-state index is 12.7. The Morgan fingerprint density at radius 3 is 2.67 bits per heavy atom. The molecular formula is C16H18N2O2S4. The minimum Gasteiger partial charge on any atom is -0.240 e. The topological polar surface area (TPSA) is 59.1 Å². The van der Waals surface area contributed by atoms with E-state index < -0.39 is 10.0 Å². The first kappa shape index (κ1) is 17.8. The Morgan fingerprint density at radius 1 is 1.21 bits per heavy atom. The maximum absolute atomic E-state index is 12.7. The Hall–Kier alpha value is -1.06. The van der Waals surface area contributed by atoms with E-state index in [1.54, 1.807) is 28.7 Å². The first-order valence-corrected chi connectivity index (χ1v) is 11.7. The third-order valence-electron chi connectivity index (χ3n) is 3.56. The van der Waals surface area contributed by atoms with Crippen LogP contribution < -0.4 is 4.72 Å². The SMILES string of the molecule is CCc1csc(-c2ccc(S(=O)(=O)N[C@@H](CC)c3cccs3)s2)n1. The molecule has 8 heteroatoms. The van der Waals surface area contributed by atoms with Crippen LogP contribution in [0.3, 0.4) is 0 Å². The van der Waals surface area contributed by atoms with E-state index in [0.29, 0.717) is 10.6 Å². The van der Waals surface area contributed by atoms with Gasteiger partial charge in [0, 0.05) is 10.3 Å². The van der Waals surface area contributed by atoms with E-state index in [0.717, 1.165) is 26.9 Å². The highest BCUT2D eigenvalue weighted by molar-refractivity contribution is 7.91. The molecule has 1 N–H and O–H groups in total. The summed E-state index contributed by atoms with van der Waals surface area (Å²) in [6.07, 6.45) is 1.60. The van der Waals surface area contributed by atoms with Crippen molar-refractivity contribution in [2.24, 2.45) is 0 Å². The van der Waals surface area contributed by atoms with Crippen molar-refractivity contribution in [1.29, 1.82) is 0 Å².